The summed E-state index contributed by atoms with van der Waals surface area (Å²) in [5.41, 5.74) is 3.83. The number of aromatic nitrogens is 1. The molecule has 1 aliphatic heterocycles. The van der Waals surface area contributed by atoms with Crippen LogP contribution in [0.5, 0.6) is 11.5 Å². The molecule has 3 amide bonds. The first-order chi connectivity index (χ1) is 19.0. The number of fused-ring (bicyclic) bond motifs is 1. The second-order valence-corrected chi connectivity index (χ2v) is 9.82. The van der Waals surface area contributed by atoms with Gasteiger partial charge in [0.25, 0.3) is 0 Å². The monoisotopic (exact) mass is 522 g/mol. The molecule has 5 rings (SSSR count). The van der Waals surface area contributed by atoms with Crippen molar-refractivity contribution >= 4 is 17.6 Å². The Hall–Kier alpha value is -4.52. The van der Waals surface area contributed by atoms with Gasteiger partial charge in [0, 0.05) is 37.2 Å². The molecule has 0 saturated carbocycles. The predicted octanol–water partition coefficient (Wildman–Crippen LogP) is 6.46. The summed E-state index contributed by atoms with van der Waals surface area (Å²) >= 11 is 0. The van der Waals surface area contributed by atoms with Gasteiger partial charge in [-0.05, 0) is 67.4 Å². The third kappa shape index (κ3) is 6.14. The largest absolute Gasteiger partial charge is 0.457 e. The topological polar surface area (TPSA) is 66.8 Å². The first-order valence-electron chi connectivity index (χ1n) is 13.4. The van der Waals surface area contributed by atoms with E-state index in [-0.39, 0.29) is 24.5 Å². The van der Waals surface area contributed by atoms with Gasteiger partial charge < -0.3 is 24.4 Å². The molecular weight excluding hydrogens is 488 g/mol. The maximum Gasteiger partial charge on any atom is 0.322 e. The summed E-state index contributed by atoms with van der Waals surface area (Å²) in [6, 6.07) is 28.7. The lowest BCUT2D eigenvalue weighted by Gasteiger charge is -2.38. The van der Waals surface area contributed by atoms with Crippen LogP contribution in [0.3, 0.4) is 0 Å². The molecule has 4 aromatic rings. The molecule has 3 aromatic carbocycles. The number of para-hydroxylation sites is 1. The van der Waals surface area contributed by atoms with E-state index in [4.69, 9.17) is 4.74 Å². The Bertz CT molecular complexity index is 1410. The second kappa shape index (κ2) is 11.9. The van der Waals surface area contributed by atoms with Gasteiger partial charge in [0.15, 0.2) is 0 Å². The summed E-state index contributed by atoms with van der Waals surface area (Å²) in [6.07, 6.45) is 2.80. The standard InChI is InChI=1S/C32H34N4O3/c1-3-18-35(32(38)33-26-16-14-24(2)15-17-26)23-30(37)36-21-20-34-19-8-13-29(34)31(36)25-9-7-12-28(22-25)39-27-10-5-4-6-11-27/h4-17,19,22,31H,3,18,20-21,23H2,1-2H3,(H,33,38). The Morgan fingerprint density at radius 1 is 0.923 bits per heavy atom. The Labute approximate surface area is 229 Å². The molecule has 0 bridgehead atoms. The van der Waals surface area contributed by atoms with E-state index < -0.39 is 0 Å². The van der Waals surface area contributed by atoms with E-state index in [1.54, 1.807) is 4.90 Å². The quantitative estimate of drug-likeness (QED) is 0.289. The minimum absolute atomic E-state index is 0.00293. The number of amides is 3. The highest BCUT2D eigenvalue weighted by molar-refractivity contribution is 5.92. The Morgan fingerprint density at radius 3 is 2.46 bits per heavy atom. The van der Waals surface area contributed by atoms with Crippen LogP contribution in [0.25, 0.3) is 0 Å². The van der Waals surface area contributed by atoms with E-state index in [1.165, 1.54) is 0 Å². The zero-order chi connectivity index (χ0) is 27.2. The van der Waals surface area contributed by atoms with Crippen LogP contribution in [0, 0.1) is 6.92 Å². The highest BCUT2D eigenvalue weighted by Crippen LogP contribution is 2.35. The first kappa shape index (κ1) is 26.1. The van der Waals surface area contributed by atoms with Gasteiger partial charge in [0.2, 0.25) is 5.91 Å². The number of carbonyl (C=O) groups is 2. The summed E-state index contributed by atoms with van der Waals surface area (Å²) in [5, 5.41) is 2.94. The third-order valence-electron chi connectivity index (χ3n) is 6.92. The number of carbonyl (C=O) groups excluding carboxylic acids is 2. The van der Waals surface area contributed by atoms with Crippen LogP contribution < -0.4 is 10.1 Å². The lowest BCUT2D eigenvalue weighted by atomic mass is 9.99. The van der Waals surface area contributed by atoms with Crippen molar-refractivity contribution < 1.29 is 14.3 Å². The molecule has 0 saturated heterocycles. The first-order valence-corrected chi connectivity index (χ1v) is 13.4. The third-order valence-corrected chi connectivity index (χ3v) is 6.92. The molecule has 7 heteroatoms. The maximum absolute atomic E-state index is 13.8. The Kier molecular flexibility index (Phi) is 7.96. The van der Waals surface area contributed by atoms with Crippen molar-refractivity contribution in [3.8, 4) is 11.5 Å². The SMILES string of the molecule is CCCN(CC(=O)N1CCn2cccc2C1c1cccc(Oc2ccccc2)c1)C(=O)Nc1ccc(C)cc1. The van der Waals surface area contributed by atoms with Crippen LogP contribution in [0.4, 0.5) is 10.5 Å². The van der Waals surface area contributed by atoms with Gasteiger partial charge in [-0.1, -0.05) is 55.0 Å². The predicted molar refractivity (Wildman–Crippen MR) is 153 cm³/mol. The van der Waals surface area contributed by atoms with E-state index >= 15 is 0 Å². The smallest absolute Gasteiger partial charge is 0.322 e. The average Bonchev–Trinajstić information content (AvgIpc) is 3.43. The molecule has 0 spiro atoms. The Morgan fingerprint density at radius 2 is 1.69 bits per heavy atom. The Balaban J connectivity index is 1.38. The maximum atomic E-state index is 13.8. The van der Waals surface area contributed by atoms with Crippen molar-refractivity contribution in [1.82, 2.24) is 14.4 Å². The van der Waals surface area contributed by atoms with Crippen LogP contribution in [0.2, 0.25) is 0 Å². The van der Waals surface area contributed by atoms with Gasteiger partial charge >= 0.3 is 6.03 Å². The number of nitrogens with one attached hydrogen (secondary N) is 1. The van der Waals surface area contributed by atoms with Gasteiger partial charge in [0.05, 0.1) is 6.04 Å². The summed E-state index contributed by atoms with van der Waals surface area (Å²) in [6.45, 7) is 5.75. The van der Waals surface area contributed by atoms with Gasteiger partial charge in [-0.3, -0.25) is 4.79 Å². The van der Waals surface area contributed by atoms with Crippen LogP contribution in [-0.4, -0.2) is 45.9 Å². The summed E-state index contributed by atoms with van der Waals surface area (Å²) < 4.78 is 8.28. The zero-order valence-electron chi connectivity index (χ0n) is 22.4. The van der Waals surface area contributed by atoms with E-state index in [0.717, 1.165) is 29.0 Å². The van der Waals surface area contributed by atoms with Crippen molar-refractivity contribution in [2.75, 3.05) is 25.0 Å². The molecular formula is C32H34N4O3. The van der Waals surface area contributed by atoms with Crippen LogP contribution >= 0.6 is 0 Å². The minimum Gasteiger partial charge on any atom is -0.457 e. The van der Waals surface area contributed by atoms with Crippen molar-refractivity contribution in [3.05, 3.63) is 114 Å². The molecule has 1 atom stereocenters. The molecule has 0 radical (unpaired) electrons. The molecule has 1 N–H and O–H groups in total. The number of hydrogen-bond acceptors (Lipinski definition) is 3. The molecule has 200 valence electrons. The van der Waals surface area contributed by atoms with E-state index in [0.29, 0.717) is 31.1 Å². The number of hydrogen-bond donors (Lipinski definition) is 1. The van der Waals surface area contributed by atoms with E-state index in [1.807, 2.05) is 110 Å². The lowest BCUT2D eigenvalue weighted by molar-refractivity contribution is -0.134. The van der Waals surface area contributed by atoms with E-state index in [9.17, 15) is 9.59 Å². The van der Waals surface area contributed by atoms with Gasteiger partial charge in [0.1, 0.15) is 18.0 Å². The fourth-order valence-corrected chi connectivity index (χ4v) is 4.99. The molecule has 1 unspecified atom stereocenters. The van der Waals surface area contributed by atoms with Gasteiger partial charge in [-0.25, -0.2) is 4.79 Å². The molecule has 1 aromatic heterocycles. The minimum atomic E-state index is -0.288. The fourth-order valence-electron chi connectivity index (χ4n) is 4.99. The van der Waals surface area contributed by atoms with Gasteiger partial charge in [-0.2, -0.15) is 0 Å². The number of aryl methyl sites for hydroxylation is 1. The molecule has 39 heavy (non-hydrogen) atoms. The molecule has 7 nitrogen and oxygen atoms in total. The highest BCUT2D eigenvalue weighted by atomic mass is 16.5. The number of benzene rings is 3. The molecule has 1 aliphatic rings. The van der Waals surface area contributed by atoms with Crippen LogP contribution in [0.1, 0.15) is 36.2 Å². The molecule has 0 aliphatic carbocycles. The van der Waals surface area contributed by atoms with Crippen molar-refractivity contribution in [3.63, 3.8) is 0 Å². The fraction of sp³-hybridized carbons (Fsp3) is 0.250. The van der Waals surface area contributed by atoms with Crippen molar-refractivity contribution in [2.45, 2.75) is 32.9 Å². The average molecular weight is 523 g/mol. The van der Waals surface area contributed by atoms with Crippen molar-refractivity contribution in [2.24, 2.45) is 0 Å². The van der Waals surface area contributed by atoms with Crippen molar-refractivity contribution in [1.29, 1.82) is 0 Å². The highest BCUT2D eigenvalue weighted by Gasteiger charge is 2.33. The summed E-state index contributed by atoms with van der Waals surface area (Å²) in [4.78, 5) is 30.5. The number of rotatable bonds is 8. The van der Waals surface area contributed by atoms with E-state index in [2.05, 4.69) is 16.0 Å². The normalized spacial score (nSPS) is 14.4. The van der Waals surface area contributed by atoms with Gasteiger partial charge in [-0.15, -0.1) is 0 Å². The van der Waals surface area contributed by atoms with Crippen LogP contribution in [0.15, 0.2) is 97.2 Å². The molecule has 0 fully saturated rings. The summed E-state index contributed by atoms with van der Waals surface area (Å²) in [5.74, 6) is 1.37. The lowest BCUT2D eigenvalue weighted by Crippen LogP contribution is -2.48. The second-order valence-electron chi connectivity index (χ2n) is 9.82. The molecule has 2 heterocycles. The number of anilines is 1. The number of ether oxygens (including phenoxy) is 1. The number of nitrogens with zero attached hydrogens (tertiary/aromatic N) is 3. The summed E-state index contributed by atoms with van der Waals surface area (Å²) in [7, 11) is 0. The number of urea groups is 1. The zero-order valence-corrected chi connectivity index (χ0v) is 22.4. The van der Waals surface area contributed by atoms with Crippen LogP contribution in [-0.2, 0) is 11.3 Å².